The standard InChI is InChI=1S/C21H25N5O2S/c1-14-7-4-5-9-19(14)26-15(2)11-18(16(26)3)20(27)13-29-21-22-23-24-25(21)12-17-8-6-10-28-17/h4-5,7,9,11,17H,6,8,10,12-13H2,1-3H3. The van der Waals surface area contributed by atoms with Crippen molar-refractivity contribution in [2.75, 3.05) is 12.4 Å². The van der Waals surface area contributed by atoms with Gasteiger partial charge in [-0.1, -0.05) is 30.0 Å². The number of aromatic nitrogens is 5. The van der Waals surface area contributed by atoms with E-state index in [1.54, 1.807) is 4.68 Å². The fourth-order valence-electron chi connectivity index (χ4n) is 3.83. The largest absolute Gasteiger partial charge is 0.376 e. The quantitative estimate of drug-likeness (QED) is 0.437. The van der Waals surface area contributed by atoms with Crippen LogP contribution in [0.5, 0.6) is 0 Å². The van der Waals surface area contributed by atoms with Crippen LogP contribution in [0.1, 0.15) is 40.2 Å². The molecule has 0 spiro atoms. The monoisotopic (exact) mass is 411 g/mol. The molecule has 2 aromatic heterocycles. The van der Waals surface area contributed by atoms with E-state index in [4.69, 9.17) is 4.74 Å². The van der Waals surface area contributed by atoms with Gasteiger partial charge in [-0.25, -0.2) is 4.68 Å². The van der Waals surface area contributed by atoms with E-state index in [1.165, 1.54) is 17.3 Å². The van der Waals surface area contributed by atoms with Crippen LogP contribution in [-0.2, 0) is 11.3 Å². The molecule has 1 saturated heterocycles. The van der Waals surface area contributed by atoms with Crippen LogP contribution in [0, 0.1) is 20.8 Å². The second-order valence-electron chi connectivity index (χ2n) is 7.40. The lowest BCUT2D eigenvalue weighted by Crippen LogP contribution is -2.17. The lowest BCUT2D eigenvalue weighted by Gasteiger charge is -2.12. The minimum atomic E-state index is 0.0783. The molecule has 3 aromatic rings. The third kappa shape index (κ3) is 4.13. The van der Waals surface area contributed by atoms with Gasteiger partial charge in [-0.3, -0.25) is 4.79 Å². The molecule has 0 N–H and O–H groups in total. The number of carbonyl (C=O) groups excluding carboxylic acids is 1. The number of hydrogen-bond acceptors (Lipinski definition) is 6. The molecule has 1 aliphatic rings. The maximum atomic E-state index is 13.0. The van der Waals surface area contributed by atoms with Gasteiger partial charge >= 0.3 is 0 Å². The van der Waals surface area contributed by atoms with Crippen LogP contribution in [0.25, 0.3) is 5.69 Å². The average Bonchev–Trinajstić information content (AvgIpc) is 3.43. The highest BCUT2D eigenvalue weighted by molar-refractivity contribution is 7.99. The number of hydrogen-bond donors (Lipinski definition) is 0. The van der Waals surface area contributed by atoms with E-state index in [0.29, 0.717) is 17.5 Å². The van der Waals surface area contributed by atoms with E-state index >= 15 is 0 Å². The van der Waals surface area contributed by atoms with Gasteiger partial charge in [0.2, 0.25) is 5.16 Å². The molecule has 1 aromatic carbocycles. The number of benzene rings is 1. The zero-order valence-corrected chi connectivity index (χ0v) is 17.8. The Balaban J connectivity index is 1.48. The normalized spacial score (nSPS) is 16.4. The minimum Gasteiger partial charge on any atom is -0.376 e. The number of aryl methyl sites for hydroxylation is 2. The van der Waals surface area contributed by atoms with Crippen molar-refractivity contribution in [3.8, 4) is 5.69 Å². The van der Waals surface area contributed by atoms with Crippen LogP contribution >= 0.6 is 11.8 Å². The van der Waals surface area contributed by atoms with Gasteiger partial charge in [0, 0.05) is 29.2 Å². The van der Waals surface area contributed by atoms with Gasteiger partial charge in [-0.05, 0) is 61.7 Å². The van der Waals surface area contributed by atoms with Gasteiger partial charge in [-0.15, -0.1) is 5.10 Å². The molecule has 1 aliphatic heterocycles. The second-order valence-corrected chi connectivity index (χ2v) is 8.34. The lowest BCUT2D eigenvalue weighted by atomic mass is 10.1. The van der Waals surface area contributed by atoms with E-state index in [9.17, 15) is 4.79 Å². The Bertz CT molecular complexity index is 1020. The fourth-order valence-corrected chi connectivity index (χ4v) is 4.60. The minimum absolute atomic E-state index is 0.0783. The Morgan fingerprint density at radius 3 is 2.86 bits per heavy atom. The van der Waals surface area contributed by atoms with E-state index in [2.05, 4.69) is 39.1 Å². The van der Waals surface area contributed by atoms with E-state index in [1.807, 2.05) is 32.0 Å². The molecule has 7 nitrogen and oxygen atoms in total. The van der Waals surface area contributed by atoms with Crippen LogP contribution < -0.4 is 0 Å². The van der Waals surface area contributed by atoms with Gasteiger partial charge in [0.25, 0.3) is 0 Å². The number of thioether (sulfide) groups is 1. The van der Waals surface area contributed by atoms with E-state index in [-0.39, 0.29) is 11.9 Å². The van der Waals surface area contributed by atoms with Crippen molar-refractivity contribution in [1.82, 2.24) is 24.8 Å². The Morgan fingerprint density at radius 1 is 1.28 bits per heavy atom. The molecule has 0 bridgehead atoms. The zero-order valence-electron chi connectivity index (χ0n) is 17.0. The van der Waals surface area contributed by atoms with Crippen molar-refractivity contribution in [3.63, 3.8) is 0 Å². The summed E-state index contributed by atoms with van der Waals surface area (Å²) in [4.78, 5) is 13.0. The highest BCUT2D eigenvalue weighted by atomic mass is 32.2. The number of nitrogens with zero attached hydrogens (tertiary/aromatic N) is 5. The highest BCUT2D eigenvalue weighted by Crippen LogP contribution is 2.25. The Hall–Kier alpha value is -2.45. The van der Waals surface area contributed by atoms with Crippen molar-refractivity contribution >= 4 is 17.5 Å². The van der Waals surface area contributed by atoms with E-state index in [0.717, 1.165) is 42.1 Å². The van der Waals surface area contributed by atoms with Crippen LogP contribution in [-0.4, -0.2) is 49.0 Å². The second kappa shape index (κ2) is 8.51. The molecule has 3 heterocycles. The molecule has 8 heteroatoms. The van der Waals surface area contributed by atoms with Crippen LogP contribution in [0.2, 0.25) is 0 Å². The maximum Gasteiger partial charge on any atom is 0.209 e. The molecule has 1 fully saturated rings. The average molecular weight is 412 g/mol. The molecule has 1 unspecified atom stereocenters. The molecule has 0 saturated carbocycles. The summed E-state index contributed by atoms with van der Waals surface area (Å²) < 4.78 is 9.55. The van der Waals surface area contributed by atoms with Crippen molar-refractivity contribution in [2.45, 2.75) is 51.4 Å². The molecule has 0 amide bonds. The van der Waals surface area contributed by atoms with Crippen LogP contribution in [0.15, 0.2) is 35.5 Å². The third-order valence-corrected chi connectivity index (χ3v) is 6.28. The van der Waals surface area contributed by atoms with Crippen molar-refractivity contribution in [2.24, 2.45) is 0 Å². The molecule has 1 atom stereocenters. The number of ketones is 1. The van der Waals surface area contributed by atoms with Crippen molar-refractivity contribution in [1.29, 1.82) is 0 Å². The fraction of sp³-hybridized carbons (Fsp3) is 0.429. The van der Waals surface area contributed by atoms with Crippen molar-refractivity contribution < 1.29 is 9.53 Å². The Morgan fingerprint density at radius 2 is 2.10 bits per heavy atom. The third-order valence-electron chi connectivity index (χ3n) is 5.32. The topological polar surface area (TPSA) is 74.8 Å². The van der Waals surface area contributed by atoms with E-state index < -0.39 is 0 Å². The molecular formula is C21H25N5O2S. The SMILES string of the molecule is Cc1ccccc1-n1c(C)cc(C(=O)CSc2nnnn2CC2CCCO2)c1C. The van der Waals surface area contributed by atoms with Gasteiger partial charge in [0.15, 0.2) is 5.78 Å². The predicted octanol–water partition coefficient (Wildman–Crippen LogP) is 3.54. The summed E-state index contributed by atoms with van der Waals surface area (Å²) in [7, 11) is 0. The number of tetrazole rings is 1. The smallest absolute Gasteiger partial charge is 0.209 e. The number of carbonyl (C=O) groups is 1. The molecule has 0 aliphatic carbocycles. The van der Waals surface area contributed by atoms with Crippen LogP contribution in [0.3, 0.4) is 0 Å². The first kappa shape index (κ1) is 19.8. The Labute approximate surface area is 174 Å². The first-order valence-corrected chi connectivity index (χ1v) is 10.8. The number of ether oxygens (including phenoxy) is 1. The summed E-state index contributed by atoms with van der Waals surface area (Å²) >= 11 is 1.38. The summed E-state index contributed by atoms with van der Waals surface area (Å²) in [6, 6.07) is 10.2. The van der Waals surface area contributed by atoms with Gasteiger partial charge in [-0.2, -0.15) is 0 Å². The summed E-state index contributed by atoms with van der Waals surface area (Å²) in [5, 5.41) is 12.6. The lowest BCUT2D eigenvalue weighted by molar-refractivity contribution is 0.0912. The summed E-state index contributed by atoms with van der Waals surface area (Å²) in [6.45, 7) is 7.54. The number of para-hydroxylation sites is 1. The first-order chi connectivity index (χ1) is 14.0. The van der Waals surface area contributed by atoms with Gasteiger partial charge < -0.3 is 9.30 Å². The summed E-state index contributed by atoms with van der Waals surface area (Å²) in [5.74, 6) is 0.374. The van der Waals surface area contributed by atoms with Crippen LogP contribution in [0.4, 0.5) is 0 Å². The van der Waals surface area contributed by atoms with Gasteiger partial charge in [0.1, 0.15) is 0 Å². The Kier molecular flexibility index (Phi) is 5.82. The predicted molar refractivity (Wildman–Crippen MR) is 112 cm³/mol. The molecule has 0 radical (unpaired) electrons. The zero-order chi connectivity index (χ0) is 20.4. The summed E-state index contributed by atoms with van der Waals surface area (Å²) in [5.41, 5.74) is 5.04. The number of rotatable bonds is 7. The molecule has 4 rings (SSSR count). The number of Topliss-reactive ketones (excluding diaryl/α,β-unsaturated/α-hetero) is 1. The van der Waals surface area contributed by atoms with Crippen molar-refractivity contribution in [3.05, 3.63) is 52.8 Å². The maximum absolute atomic E-state index is 13.0. The summed E-state index contributed by atoms with van der Waals surface area (Å²) in [6.07, 6.45) is 2.25. The highest BCUT2D eigenvalue weighted by Gasteiger charge is 2.21. The molecule has 152 valence electrons. The molecular weight excluding hydrogens is 386 g/mol. The first-order valence-electron chi connectivity index (χ1n) is 9.83. The van der Waals surface area contributed by atoms with Gasteiger partial charge in [0.05, 0.1) is 18.4 Å². The molecule has 29 heavy (non-hydrogen) atoms.